The van der Waals surface area contributed by atoms with E-state index >= 15 is 0 Å². The smallest absolute Gasteiger partial charge is 0.311 e. The number of rotatable bonds is 5. The number of aromatic nitrogens is 1. The van der Waals surface area contributed by atoms with E-state index < -0.39 is 5.92 Å². The minimum atomic E-state index is -0.455. The lowest BCUT2D eigenvalue weighted by atomic mass is 9.89. The SMILES string of the molecule is COC(=O)[C@H]1CN(C(=O)CCc2c(C)noc2C)C[C@@H]1c1ccc(F)cc1. The number of carbonyl (C=O) groups is 2. The zero-order chi connectivity index (χ0) is 19.6. The lowest BCUT2D eigenvalue weighted by Crippen LogP contribution is -2.30. The van der Waals surface area contributed by atoms with Crippen molar-refractivity contribution in [2.45, 2.75) is 32.6 Å². The number of hydrogen-bond donors (Lipinski definition) is 0. The van der Waals surface area contributed by atoms with Gasteiger partial charge >= 0.3 is 5.97 Å². The van der Waals surface area contributed by atoms with Crippen molar-refractivity contribution in [1.82, 2.24) is 10.1 Å². The molecule has 0 aliphatic carbocycles. The normalized spacial score (nSPS) is 19.3. The van der Waals surface area contributed by atoms with Crippen LogP contribution in [0.15, 0.2) is 28.8 Å². The van der Waals surface area contributed by atoms with E-state index in [4.69, 9.17) is 9.26 Å². The van der Waals surface area contributed by atoms with Crippen LogP contribution in [0.5, 0.6) is 0 Å². The van der Waals surface area contributed by atoms with Gasteiger partial charge in [-0.3, -0.25) is 9.59 Å². The average molecular weight is 374 g/mol. The molecule has 1 aliphatic rings. The van der Waals surface area contributed by atoms with Crippen LogP contribution in [0.25, 0.3) is 0 Å². The highest BCUT2D eigenvalue weighted by Crippen LogP contribution is 2.34. The zero-order valence-electron chi connectivity index (χ0n) is 15.7. The Morgan fingerprint density at radius 2 is 1.96 bits per heavy atom. The van der Waals surface area contributed by atoms with Crippen LogP contribution in [-0.4, -0.2) is 42.1 Å². The fourth-order valence-electron chi connectivity index (χ4n) is 3.69. The summed E-state index contributed by atoms with van der Waals surface area (Å²) in [7, 11) is 1.34. The summed E-state index contributed by atoms with van der Waals surface area (Å²) in [6.07, 6.45) is 0.855. The summed E-state index contributed by atoms with van der Waals surface area (Å²) < 4.78 is 23.3. The first-order valence-electron chi connectivity index (χ1n) is 8.93. The molecule has 0 N–H and O–H groups in total. The first-order valence-corrected chi connectivity index (χ1v) is 8.93. The fraction of sp³-hybridized carbons (Fsp3) is 0.450. The van der Waals surface area contributed by atoms with Gasteiger partial charge in [0.15, 0.2) is 0 Å². The number of nitrogens with zero attached hydrogens (tertiary/aromatic N) is 2. The maximum atomic E-state index is 13.2. The third kappa shape index (κ3) is 4.02. The van der Waals surface area contributed by atoms with Crippen LogP contribution in [0.2, 0.25) is 0 Å². The Bertz CT molecular complexity index is 812. The molecule has 1 aromatic heterocycles. The van der Waals surface area contributed by atoms with Crippen molar-refractivity contribution in [3.05, 3.63) is 52.7 Å². The topological polar surface area (TPSA) is 72.6 Å². The molecule has 1 aliphatic heterocycles. The summed E-state index contributed by atoms with van der Waals surface area (Å²) in [4.78, 5) is 26.6. The number of carbonyl (C=O) groups excluding carboxylic acids is 2. The third-order valence-corrected chi connectivity index (χ3v) is 5.24. The Kier molecular flexibility index (Phi) is 5.58. The van der Waals surface area contributed by atoms with E-state index in [0.717, 1.165) is 22.6 Å². The second-order valence-corrected chi connectivity index (χ2v) is 6.89. The van der Waals surface area contributed by atoms with Gasteiger partial charge in [0.05, 0.1) is 18.7 Å². The largest absolute Gasteiger partial charge is 0.469 e. The van der Waals surface area contributed by atoms with Crippen molar-refractivity contribution < 1.29 is 23.2 Å². The van der Waals surface area contributed by atoms with Gasteiger partial charge < -0.3 is 14.2 Å². The number of amides is 1. The fourth-order valence-corrected chi connectivity index (χ4v) is 3.69. The molecule has 2 heterocycles. The van der Waals surface area contributed by atoms with E-state index in [1.807, 2.05) is 13.8 Å². The van der Waals surface area contributed by atoms with Crippen LogP contribution in [0.3, 0.4) is 0 Å². The molecular weight excluding hydrogens is 351 g/mol. The highest BCUT2D eigenvalue weighted by Gasteiger charge is 2.40. The van der Waals surface area contributed by atoms with E-state index in [1.165, 1.54) is 19.2 Å². The van der Waals surface area contributed by atoms with Crippen LogP contribution in [0, 0.1) is 25.6 Å². The van der Waals surface area contributed by atoms with Crippen LogP contribution >= 0.6 is 0 Å². The van der Waals surface area contributed by atoms with E-state index in [2.05, 4.69) is 5.16 Å². The van der Waals surface area contributed by atoms with Crippen LogP contribution in [0.4, 0.5) is 4.39 Å². The molecule has 1 aromatic carbocycles. The van der Waals surface area contributed by atoms with Crippen molar-refractivity contribution in [3.8, 4) is 0 Å². The minimum absolute atomic E-state index is 0.0338. The number of halogens is 1. The van der Waals surface area contributed by atoms with E-state index in [9.17, 15) is 14.0 Å². The number of esters is 1. The first-order chi connectivity index (χ1) is 12.9. The van der Waals surface area contributed by atoms with Gasteiger partial charge in [0.2, 0.25) is 5.91 Å². The predicted octanol–water partition coefficient (Wildman–Crippen LogP) is 2.78. The molecule has 1 saturated heterocycles. The Hall–Kier alpha value is -2.70. The van der Waals surface area contributed by atoms with Crippen LogP contribution in [0.1, 0.15) is 34.9 Å². The zero-order valence-corrected chi connectivity index (χ0v) is 15.7. The first kappa shape index (κ1) is 19.1. The van der Waals surface area contributed by atoms with Crippen LogP contribution < -0.4 is 0 Å². The van der Waals surface area contributed by atoms with Crippen molar-refractivity contribution in [1.29, 1.82) is 0 Å². The molecule has 0 radical (unpaired) electrons. The molecule has 6 nitrogen and oxygen atoms in total. The quantitative estimate of drug-likeness (QED) is 0.753. The molecule has 0 spiro atoms. The summed E-state index contributed by atoms with van der Waals surface area (Å²) in [6, 6.07) is 6.05. The summed E-state index contributed by atoms with van der Waals surface area (Å²) in [5, 5.41) is 3.91. The second kappa shape index (κ2) is 7.90. The van der Waals surface area contributed by atoms with E-state index in [1.54, 1.807) is 17.0 Å². The molecule has 0 saturated carbocycles. The van der Waals surface area contributed by atoms with Gasteiger partial charge in [0.1, 0.15) is 11.6 Å². The number of likely N-dealkylation sites (tertiary alicyclic amines) is 1. The van der Waals surface area contributed by atoms with Gasteiger partial charge in [-0.15, -0.1) is 0 Å². The van der Waals surface area contributed by atoms with Gasteiger partial charge in [-0.05, 0) is 38.0 Å². The molecule has 3 rings (SSSR count). The molecule has 1 amide bonds. The highest BCUT2D eigenvalue weighted by molar-refractivity contribution is 5.80. The molecule has 0 unspecified atom stereocenters. The molecule has 1 fully saturated rings. The van der Waals surface area contributed by atoms with Gasteiger partial charge in [-0.25, -0.2) is 4.39 Å². The monoisotopic (exact) mass is 374 g/mol. The number of benzene rings is 1. The van der Waals surface area contributed by atoms with E-state index in [-0.39, 0.29) is 23.6 Å². The summed E-state index contributed by atoms with van der Waals surface area (Å²) in [5.74, 6) is -0.666. The molecular formula is C20H23FN2O4. The highest BCUT2D eigenvalue weighted by atomic mass is 19.1. The molecule has 7 heteroatoms. The number of methoxy groups -OCH3 is 1. The summed E-state index contributed by atoms with van der Waals surface area (Å²) >= 11 is 0. The van der Waals surface area contributed by atoms with Crippen molar-refractivity contribution in [3.63, 3.8) is 0 Å². The Morgan fingerprint density at radius 1 is 1.26 bits per heavy atom. The van der Waals surface area contributed by atoms with Crippen molar-refractivity contribution in [2.24, 2.45) is 5.92 Å². The second-order valence-electron chi connectivity index (χ2n) is 6.89. The van der Waals surface area contributed by atoms with Gasteiger partial charge in [-0.1, -0.05) is 17.3 Å². The average Bonchev–Trinajstić information content (AvgIpc) is 3.24. The standard InChI is InChI=1S/C20H23FN2O4/c1-12-16(13(2)27-22-12)8-9-19(24)23-10-17(18(11-23)20(25)26-3)14-4-6-15(21)7-5-14/h4-7,17-18H,8-11H2,1-3H3/t17-,18+/m1/s1. The number of ether oxygens (including phenoxy) is 1. The van der Waals surface area contributed by atoms with Gasteiger partial charge in [0.25, 0.3) is 0 Å². The molecule has 2 aromatic rings. The van der Waals surface area contributed by atoms with Gasteiger partial charge in [-0.2, -0.15) is 0 Å². The molecule has 144 valence electrons. The Labute approximate surface area is 157 Å². The van der Waals surface area contributed by atoms with Crippen molar-refractivity contribution in [2.75, 3.05) is 20.2 Å². The minimum Gasteiger partial charge on any atom is -0.469 e. The lowest BCUT2D eigenvalue weighted by Gasteiger charge is -2.16. The number of hydrogen-bond acceptors (Lipinski definition) is 5. The number of aryl methyl sites for hydroxylation is 2. The Morgan fingerprint density at radius 3 is 2.56 bits per heavy atom. The predicted molar refractivity (Wildman–Crippen MR) is 95.5 cm³/mol. The van der Waals surface area contributed by atoms with E-state index in [0.29, 0.717) is 25.9 Å². The molecule has 2 atom stereocenters. The third-order valence-electron chi connectivity index (χ3n) is 5.24. The lowest BCUT2D eigenvalue weighted by molar-refractivity contribution is -0.145. The molecule has 0 bridgehead atoms. The summed E-state index contributed by atoms with van der Waals surface area (Å²) in [5.41, 5.74) is 2.56. The summed E-state index contributed by atoms with van der Waals surface area (Å²) in [6.45, 7) is 4.39. The van der Waals surface area contributed by atoms with Crippen molar-refractivity contribution >= 4 is 11.9 Å². The van der Waals surface area contributed by atoms with Crippen LogP contribution in [-0.2, 0) is 20.7 Å². The molecule has 27 heavy (non-hydrogen) atoms. The Balaban J connectivity index is 1.71. The van der Waals surface area contributed by atoms with Gasteiger partial charge in [0, 0.05) is 31.0 Å². The maximum Gasteiger partial charge on any atom is 0.311 e. The maximum absolute atomic E-state index is 13.2.